The van der Waals surface area contributed by atoms with Gasteiger partial charge in [-0.2, -0.15) is 0 Å². The molecule has 6 heteroatoms. The van der Waals surface area contributed by atoms with E-state index in [9.17, 15) is 9.18 Å². The molecule has 1 aromatic heterocycles. The molecule has 0 fully saturated rings. The first-order chi connectivity index (χ1) is 10.0. The molecule has 0 unspecified atom stereocenters. The predicted molar refractivity (Wildman–Crippen MR) is 77.7 cm³/mol. The first-order valence-electron chi connectivity index (χ1n) is 6.41. The summed E-state index contributed by atoms with van der Waals surface area (Å²) in [5.41, 5.74) is 1.88. The zero-order valence-electron chi connectivity index (χ0n) is 11.7. The third kappa shape index (κ3) is 3.55. The van der Waals surface area contributed by atoms with Crippen molar-refractivity contribution in [3.05, 3.63) is 47.0 Å². The van der Waals surface area contributed by atoms with Crippen LogP contribution in [0.5, 0.6) is 0 Å². The van der Waals surface area contributed by atoms with Gasteiger partial charge in [-0.1, -0.05) is 0 Å². The summed E-state index contributed by atoms with van der Waals surface area (Å²) in [4.78, 5) is 20.1. The van der Waals surface area contributed by atoms with Crippen LogP contribution in [0.15, 0.2) is 24.4 Å². The summed E-state index contributed by atoms with van der Waals surface area (Å²) >= 11 is 5.83. The van der Waals surface area contributed by atoms with Crippen molar-refractivity contribution >= 4 is 17.6 Å². The molecule has 0 N–H and O–H groups in total. The Morgan fingerprint density at radius 1 is 1.38 bits per heavy atom. The van der Waals surface area contributed by atoms with E-state index in [1.165, 1.54) is 18.3 Å². The van der Waals surface area contributed by atoms with Crippen LogP contribution >= 0.6 is 11.6 Å². The third-order valence-corrected chi connectivity index (χ3v) is 3.04. The number of ether oxygens (including phenoxy) is 1. The number of carbonyl (C=O) groups excluding carboxylic acids is 1. The second-order valence-electron chi connectivity index (χ2n) is 4.43. The number of aryl methyl sites for hydroxylation is 1. The van der Waals surface area contributed by atoms with E-state index in [0.29, 0.717) is 17.1 Å². The van der Waals surface area contributed by atoms with Crippen molar-refractivity contribution in [3.8, 4) is 11.4 Å². The van der Waals surface area contributed by atoms with E-state index < -0.39 is 5.97 Å². The van der Waals surface area contributed by atoms with Gasteiger partial charge in [-0.15, -0.1) is 11.6 Å². The van der Waals surface area contributed by atoms with Gasteiger partial charge < -0.3 is 4.74 Å². The monoisotopic (exact) mass is 308 g/mol. The quantitative estimate of drug-likeness (QED) is 0.640. The molecule has 0 spiro atoms. The molecule has 1 aromatic carbocycles. The largest absolute Gasteiger partial charge is 0.462 e. The van der Waals surface area contributed by atoms with Crippen LogP contribution in [0.3, 0.4) is 0 Å². The highest BCUT2D eigenvalue weighted by atomic mass is 35.5. The van der Waals surface area contributed by atoms with Crippen LogP contribution in [0.1, 0.15) is 28.5 Å². The summed E-state index contributed by atoms with van der Waals surface area (Å²) in [6.45, 7) is 3.75. The molecule has 0 atom stereocenters. The van der Waals surface area contributed by atoms with Gasteiger partial charge in [-0.05, 0) is 37.6 Å². The topological polar surface area (TPSA) is 52.1 Å². The van der Waals surface area contributed by atoms with Gasteiger partial charge in [0, 0.05) is 11.8 Å². The Hall–Kier alpha value is -2.01. The molecular formula is C15H14ClFN2O2. The lowest BCUT2D eigenvalue weighted by Gasteiger charge is -2.08. The molecule has 0 aliphatic heterocycles. The van der Waals surface area contributed by atoms with E-state index in [1.807, 2.05) is 0 Å². The summed E-state index contributed by atoms with van der Waals surface area (Å²) in [5, 5.41) is 0. The van der Waals surface area contributed by atoms with Crippen molar-refractivity contribution < 1.29 is 13.9 Å². The fraction of sp³-hybridized carbons (Fsp3) is 0.267. The lowest BCUT2D eigenvalue weighted by atomic mass is 10.1. The smallest absolute Gasteiger partial charge is 0.341 e. The molecule has 0 amide bonds. The van der Waals surface area contributed by atoms with Crippen LogP contribution in [-0.4, -0.2) is 22.5 Å². The second kappa shape index (κ2) is 6.63. The highest BCUT2D eigenvalue weighted by molar-refractivity contribution is 6.17. The minimum Gasteiger partial charge on any atom is -0.462 e. The van der Waals surface area contributed by atoms with Crippen molar-refractivity contribution in [1.29, 1.82) is 0 Å². The average Bonchev–Trinajstić information content (AvgIpc) is 2.45. The van der Waals surface area contributed by atoms with Gasteiger partial charge in [0.2, 0.25) is 0 Å². The fourth-order valence-electron chi connectivity index (χ4n) is 1.90. The number of carbonyl (C=O) groups is 1. The molecule has 0 bridgehead atoms. The van der Waals surface area contributed by atoms with Crippen LogP contribution in [0.4, 0.5) is 4.39 Å². The van der Waals surface area contributed by atoms with E-state index in [0.717, 1.165) is 5.56 Å². The molecular weight excluding hydrogens is 295 g/mol. The molecule has 110 valence electrons. The number of alkyl halides is 1. The normalized spacial score (nSPS) is 10.5. The van der Waals surface area contributed by atoms with Crippen molar-refractivity contribution in [1.82, 2.24) is 9.97 Å². The maximum atomic E-state index is 13.4. The van der Waals surface area contributed by atoms with E-state index >= 15 is 0 Å². The maximum absolute atomic E-state index is 13.4. The second-order valence-corrected chi connectivity index (χ2v) is 4.69. The maximum Gasteiger partial charge on any atom is 0.341 e. The summed E-state index contributed by atoms with van der Waals surface area (Å²) in [6, 6.07) is 4.52. The SMILES string of the molecule is CCOC(=O)c1cnc(-c2cc(C)cc(F)c2)nc1CCl. The van der Waals surface area contributed by atoms with Gasteiger partial charge in [0.1, 0.15) is 11.4 Å². The van der Waals surface area contributed by atoms with Crippen LogP contribution in [-0.2, 0) is 10.6 Å². The molecule has 0 saturated heterocycles. The van der Waals surface area contributed by atoms with E-state index in [4.69, 9.17) is 16.3 Å². The third-order valence-electron chi connectivity index (χ3n) is 2.79. The van der Waals surface area contributed by atoms with Crippen molar-refractivity contribution in [3.63, 3.8) is 0 Å². The Morgan fingerprint density at radius 3 is 2.76 bits per heavy atom. The summed E-state index contributed by atoms with van der Waals surface area (Å²) in [7, 11) is 0. The van der Waals surface area contributed by atoms with E-state index in [1.54, 1.807) is 19.9 Å². The van der Waals surface area contributed by atoms with Crippen LogP contribution < -0.4 is 0 Å². The number of benzene rings is 1. The average molecular weight is 309 g/mol. The molecule has 0 radical (unpaired) electrons. The van der Waals surface area contributed by atoms with Crippen molar-refractivity contribution in [2.24, 2.45) is 0 Å². The minimum absolute atomic E-state index is 0.0396. The standard InChI is InChI=1S/C15H14ClFN2O2/c1-3-21-15(20)12-8-18-14(19-13(12)7-16)10-4-9(2)5-11(17)6-10/h4-6,8H,3,7H2,1-2H3. The first-order valence-corrected chi connectivity index (χ1v) is 6.95. The summed E-state index contributed by atoms with van der Waals surface area (Å²) < 4.78 is 18.4. The number of halogens is 2. The fourth-order valence-corrected chi connectivity index (χ4v) is 2.11. The lowest BCUT2D eigenvalue weighted by molar-refractivity contribution is 0.0524. The Bertz CT molecular complexity index is 656. The van der Waals surface area contributed by atoms with Crippen LogP contribution in [0.25, 0.3) is 11.4 Å². The van der Waals surface area contributed by atoms with Gasteiger partial charge in [-0.25, -0.2) is 19.2 Å². The minimum atomic E-state index is -0.518. The molecule has 0 saturated carbocycles. The Labute approximate surface area is 126 Å². The molecule has 2 rings (SSSR count). The Kier molecular flexibility index (Phi) is 4.85. The van der Waals surface area contributed by atoms with Gasteiger partial charge in [-0.3, -0.25) is 0 Å². The molecule has 0 aliphatic rings. The Balaban J connectivity index is 2.45. The van der Waals surface area contributed by atoms with Crippen molar-refractivity contribution in [2.75, 3.05) is 6.61 Å². The van der Waals surface area contributed by atoms with Crippen LogP contribution in [0, 0.1) is 12.7 Å². The zero-order chi connectivity index (χ0) is 15.4. The number of hydrogen-bond acceptors (Lipinski definition) is 4. The molecule has 2 aromatic rings. The predicted octanol–water partition coefficient (Wildman–Crippen LogP) is 3.51. The zero-order valence-corrected chi connectivity index (χ0v) is 12.4. The van der Waals surface area contributed by atoms with Gasteiger partial charge in [0.25, 0.3) is 0 Å². The first kappa shape index (κ1) is 15.4. The molecule has 0 aliphatic carbocycles. The van der Waals surface area contributed by atoms with Crippen molar-refractivity contribution in [2.45, 2.75) is 19.7 Å². The molecule has 21 heavy (non-hydrogen) atoms. The summed E-state index contributed by atoms with van der Waals surface area (Å²) in [6.07, 6.45) is 1.36. The van der Waals surface area contributed by atoms with E-state index in [2.05, 4.69) is 9.97 Å². The molecule has 1 heterocycles. The number of nitrogens with zero attached hydrogens (tertiary/aromatic N) is 2. The van der Waals surface area contributed by atoms with Gasteiger partial charge in [0.15, 0.2) is 5.82 Å². The highest BCUT2D eigenvalue weighted by Crippen LogP contribution is 2.20. The van der Waals surface area contributed by atoms with Gasteiger partial charge in [0.05, 0.1) is 18.2 Å². The number of aromatic nitrogens is 2. The molecule has 4 nitrogen and oxygen atoms in total. The number of esters is 1. The highest BCUT2D eigenvalue weighted by Gasteiger charge is 2.16. The van der Waals surface area contributed by atoms with Crippen LogP contribution in [0.2, 0.25) is 0 Å². The lowest BCUT2D eigenvalue weighted by Crippen LogP contribution is -2.10. The summed E-state index contributed by atoms with van der Waals surface area (Å²) in [5.74, 6) is -0.523. The number of hydrogen-bond donors (Lipinski definition) is 0. The van der Waals surface area contributed by atoms with Gasteiger partial charge >= 0.3 is 5.97 Å². The number of rotatable bonds is 4. The van der Waals surface area contributed by atoms with E-state index in [-0.39, 0.29) is 23.9 Å². The Morgan fingerprint density at radius 2 is 2.14 bits per heavy atom.